The van der Waals surface area contributed by atoms with E-state index < -0.39 is 0 Å². The second kappa shape index (κ2) is 4.86. The first-order chi connectivity index (χ1) is 8.09. The minimum atomic E-state index is -0.172. The van der Waals surface area contributed by atoms with Gasteiger partial charge in [-0.1, -0.05) is 29.3 Å². The van der Waals surface area contributed by atoms with E-state index in [1.54, 1.807) is 30.5 Å². The van der Waals surface area contributed by atoms with Gasteiger partial charge in [-0.2, -0.15) is 0 Å². The van der Waals surface area contributed by atoms with Gasteiger partial charge in [-0.15, -0.1) is 0 Å². The van der Waals surface area contributed by atoms with Gasteiger partial charge in [0.25, 0.3) is 0 Å². The zero-order valence-electron chi connectivity index (χ0n) is 9.08. The van der Waals surface area contributed by atoms with Crippen molar-refractivity contribution in [3.8, 4) is 0 Å². The van der Waals surface area contributed by atoms with Gasteiger partial charge in [0.15, 0.2) is 5.78 Å². The minimum Gasteiger partial charge on any atom is -0.288 e. The smallest absolute Gasteiger partial charge is 0.196 e. The van der Waals surface area contributed by atoms with Gasteiger partial charge >= 0.3 is 0 Å². The third-order valence-electron chi connectivity index (χ3n) is 2.33. The SMILES string of the molecule is Cc1cncc(C(=O)c2cccc(Cl)c2Cl)c1. The molecule has 0 atom stereocenters. The lowest BCUT2D eigenvalue weighted by Crippen LogP contribution is -2.03. The molecule has 0 unspecified atom stereocenters. The zero-order valence-corrected chi connectivity index (χ0v) is 10.6. The van der Waals surface area contributed by atoms with Crippen molar-refractivity contribution in [2.45, 2.75) is 6.92 Å². The number of hydrogen-bond acceptors (Lipinski definition) is 2. The number of carbonyl (C=O) groups excluding carboxylic acids is 1. The van der Waals surface area contributed by atoms with E-state index >= 15 is 0 Å². The topological polar surface area (TPSA) is 30.0 Å². The molecule has 1 aromatic heterocycles. The molecule has 4 heteroatoms. The highest BCUT2D eigenvalue weighted by atomic mass is 35.5. The Morgan fingerprint density at radius 2 is 2.00 bits per heavy atom. The molecule has 0 aliphatic carbocycles. The number of hydrogen-bond donors (Lipinski definition) is 0. The summed E-state index contributed by atoms with van der Waals surface area (Å²) in [6, 6.07) is 6.77. The maximum atomic E-state index is 12.2. The van der Waals surface area contributed by atoms with Crippen LogP contribution < -0.4 is 0 Å². The van der Waals surface area contributed by atoms with Crippen molar-refractivity contribution < 1.29 is 4.79 Å². The maximum absolute atomic E-state index is 12.2. The molecule has 2 rings (SSSR count). The van der Waals surface area contributed by atoms with Crippen LogP contribution in [-0.4, -0.2) is 10.8 Å². The van der Waals surface area contributed by atoms with E-state index in [4.69, 9.17) is 23.2 Å². The molecule has 2 aromatic rings. The van der Waals surface area contributed by atoms with E-state index in [-0.39, 0.29) is 10.8 Å². The molecule has 0 amide bonds. The number of benzene rings is 1. The van der Waals surface area contributed by atoms with Crippen LogP contribution in [0, 0.1) is 6.92 Å². The van der Waals surface area contributed by atoms with Crippen LogP contribution in [0.2, 0.25) is 10.0 Å². The molecule has 86 valence electrons. The number of nitrogens with zero attached hydrogens (tertiary/aromatic N) is 1. The second-order valence-electron chi connectivity index (χ2n) is 3.68. The van der Waals surface area contributed by atoms with Crippen LogP contribution in [-0.2, 0) is 0 Å². The lowest BCUT2D eigenvalue weighted by Gasteiger charge is -2.05. The summed E-state index contributed by atoms with van der Waals surface area (Å²) < 4.78 is 0. The van der Waals surface area contributed by atoms with Crippen molar-refractivity contribution in [1.82, 2.24) is 4.98 Å². The summed E-state index contributed by atoms with van der Waals surface area (Å²) in [5, 5.41) is 0.652. The Morgan fingerprint density at radius 1 is 1.24 bits per heavy atom. The Labute approximate surface area is 109 Å². The van der Waals surface area contributed by atoms with Gasteiger partial charge in [0, 0.05) is 23.5 Å². The number of pyridine rings is 1. The van der Waals surface area contributed by atoms with Gasteiger partial charge < -0.3 is 0 Å². The number of halogens is 2. The summed E-state index contributed by atoms with van der Waals surface area (Å²) in [4.78, 5) is 16.2. The van der Waals surface area contributed by atoms with Gasteiger partial charge in [0.05, 0.1) is 10.0 Å². The number of ketones is 1. The van der Waals surface area contributed by atoms with E-state index in [0.717, 1.165) is 5.56 Å². The molecule has 0 aliphatic rings. The molecule has 0 radical (unpaired) electrons. The van der Waals surface area contributed by atoms with Gasteiger partial charge in [-0.05, 0) is 30.7 Å². The third kappa shape index (κ3) is 2.48. The Kier molecular flexibility index (Phi) is 3.46. The molecule has 1 aromatic carbocycles. The molecule has 0 spiro atoms. The van der Waals surface area contributed by atoms with Gasteiger partial charge in [-0.25, -0.2) is 0 Å². The molecule has 1 heterocycles. The molecule has 0 saturated carbocycles. The van der Waals surface area contributed by atoms with Crippen molar-refractivity contribution in [2.24, 2.45) is 0 Å². The first kappa shape index (κ1) is 12.1. The third-order valence-corrected chi connectivity index (χ3v) is 3.15. The molecular weight excluding hydrogens is 257 g/mol. The van der Waals surface area contributed by atoms with Crippen molar-refractivity contribution in [3.05, 3.63) is 63.4 Å². The first-order valence-corrected chi connectivity index (χ1v) is 5.75. The largest absolute Gasteiger partial charge is 0.288 e. The van der Waals surface area contributed by atoms with E-state index in [0.29, 0.717) is 16.1 Å². The molecule has 0 saturated heterocycles. The summed E-state index contributed by atoms with van der Waals surface area (Å²) in [7, 11) is 0. The average Bonchev–Trinajstić information content (AvgIpc) is 2.32. The quantitative estimate of drug-likeness (QED) is 0.771. The minimum absolute atomic E-state index is 0.172. The van der Waals surface area contributed by atoms with Crippen LogP contribution in [0.3, 0.4) is 0 Å². The molecule has 0 fully saturated rings. The predicted molar refractivity (Wildman–Crippen MR) is 68.9 cm³/mol. The van der Waals surface area contributed by atoms with Gasteiger partial charge in [0.2, 0.25) is 0 Å². The molecule has 2 nitrogen and oxygen atoms in total. The summed E-state index contributed by atoms with van der Waals surface area (Å²) in [6.45, 7) is 1.88. The zero-order chi connectivity index (χ0) is 12.4. The molecule has 17 heavy (non-hydrogen) atoms. The summed E-state index contributed by atoms with van der Waals surface area (Å²) in [5.41, 5.74) is 1.83. The van der Waals surface area contributed by atoms with Crippen LogP contribution in [0.4, 0.5) is 0 Å². The average molecular weight is 266 g/mol. The van der Waals surface area contributed by atoms with Crippen molar-refractivity contribution in [2.75, 3.05) is 0 Å². The first-order valence-electron chi connectivity index (χ1n) is 5.00. The van der Waals surface area contributed by atoms with E-state index in [9.17, 15) is 4.79 Å². The number of aryl methyl sites for hydroxylation is 1. The Balaban J connectivity index is 2.48. The van der Waals surface area contributed by atoms with Crippen LogP contribution >= 0.6 is 23.2 Å². The number of aromatic nitrogens is 1. The van der Waals surface area contributed by atoms with Crippen molar-refractivity contribution in [3.63, 3.8) is 0 Å². The highest BCUT2D eigenvalue weighted by Crippen LogP contribution is 2.27. The Morgan fingerprint density at radius 3 is 2.71 bits per heavy atom. The van der Waals surface area contributed by atoms with Crippen molar-refractivity contribution >= 4 is 29.0 Å². The van der Waals surface area contributed by atoms with E-state index in [1.165, 1.54) is 6.20 Å². The normalized spacial score (nSPS) is 10.3. The van der Waals surface area contributed by atoms with Crippen LogP contribution in [0.25, 0.3) is 0 Å². The second-order valence-corrected chi connectivity index (χ2v) is 4.47. The van der Waals surface area contributed by atoms with E-state index in [1.807, 2.05) is 6.92 Å². The maximum Gasteiger partial charge on any atom is 0.196 e. The predicted octanol–water partition coefficient (Wildman–Crippen LogP) is 3.93. The Bertz CT molecular complexity index is 581. The van der Waals surface area contributed by atoms with Crippen LogP contribution in [0.1, 0.15) is 21.5 Å². The summed E-state index contributed by atoms with van der Waals surface area (Å²) in [6.07, 6.45) is 3.21. The monoisotopic (exact) mass is 265 g/mol. The lowest BCUT2D eigenvalue weighted by molar-refractivity contribution is 0.103. The standard InChI is InChI=1S/C13H9Cl2NO/c1-8-5-9(7-16-6-8)13(17)10-3-2-4-11(14)12(10)15/h2-7H,1H3. The fourth-order valence-corrected chi connectivity index (χ4v) is 1.90. The molecule has 0 bridgehead atoms. The number of carbonyl (C=O) groups is 1. The summed E-state index contributed by atoms with van der Waals surface area (Å²) in [5.74, 6) is -0.172. The Hall–Kier alpha value is -1.38. The van der Waals surface area contributed by atoms with Gasteiger partial charge in [0.1, 0.15) is 0 Å². The molecule has 0 aliphatic heterocycles. The molecule has 0 N–H and O–H groups in total. The van der Waals surface area contributed by atoms with E-state index in [2.05, 4.69) is 4.98 Å². The highest BCUT2D eigenvalue weighted by Gasteiger charge is 2.14. The fourth-order valence-electron chi connectivity index (χ4n) is 1.51. The molecular formula is C13H9Cl2NO. The fraction of sp³-hybridized carbons (Fsp3) is 0.0769. The van der Waals surface area contributed by atoms with Crippen LogP contribution in [0.15, 0.2) is 36.7 Å². The van der Waals surface area contributed by atoms with Crippen molar-refractivity contribution in [1.29, 1.82) is 0 Å². The van der Waals surface area contributed by atoms with Crippen LogP contribution in [0.5, 0.6) is 0 Å². The highest BCUT2D eigenvalue weighted by molar-refractivity contribution is 6.44. The number of rotatable bonds is 2. The van der Waals surface area contributed by atoms with Gasteiger partial charge in [-0.3, -0.25) is 9.78 Å². The lowest BCUT2D eigenvalue weighted by atomic mass is 10.0. The summed E-state index contributed by atoms with van der Waals surface area (Å²) >= 11 is 11.9.